The van der Waals surface area contributed by atoms with Crippen LogP contribution in [0.3, 0.4) is 0 Å². The van der Waals surface area contributed by atoms with Crippen LogP contribution in [0.5, 0.6) is 17.2 Å². The van der Waals surface area contributed by atoms with E-state index in [1.165, 1.54) is 0 Å². The first kappa shape index (κ1) is 23.2. The molecule has 5 aromatic rings. The van der Waals surface area contributed by atoms with Gasteiger partial charge in [-0.3, -0.25) is 0 Å². The molecule has 3 aromatic carbocycles. The van der Waals surface area contributed by atoms with Crippen LogP contribution in [0.25, 0.3) is 28.2 Å². The molecule has 0 atom stereocenters. The zero-order chi connectivity index (χ0) is 24.9. The molecule has 0 aliphatic carbocycles. The number of rotatable bonds is 9. The Morgan fingerprint density at radius 2 is 1.47 bits per heavy atom. The van der Waals surface area contributed by atoms with Crippen LogP contribution in [-0.2, 0) is 6.42 Å². The number of nitrogens with zero attached hydrogens (tertiary/aromatic N) is 3. The maximum Gasteiger partial charge on any atom is 0.160 e. The SMILES string of the molecule is COc1ccc(-c2cc3nc(-c4ccccc4)cc(NCCc4ccc(OC)c(OC)c4)n3n2)cc1. The van der Waals surface area contributed by atoms with E-state index in [2.05, 4.69) is 23.5 Å². The van der Waals surface area contributed by atoms with Gasteiger partial charge in [0.05, 0.1) is 32.7 Å². The molecule has 0 bridgehead atoms. The summed E-state index contributed by atoms with van der Waals surface area (Å²) >= 11 is 0. The fourth-order valence-electron chi connectivity index (χ4n) is 4.13. The normalized spacial score (nSPS) is 10.9. The molecule has 2 aromatic heterocycles. The first-order chi connectivity index (χ1) is 17.7. The molecule has 0 saturated carbocycles. The average molecular weight is 481 g/mol. The third-order valence-corrected chi connectivity index (χ3v) is 6.05. The van der Waals surface area contributed by atoms with Crippen molar-refractivity contribution in [2.24, 2.45) is 0 Å². The second-order valence-electron chi connectivity index (χ2n) is 8.29. The van der Waals surface area contributed by atoms with Crippen LogP contribution in [0.1, 0.15) is 5.56 Å². The number of methoxy groups -OCH3 is 3. The average Bonchev–Trinajstić information content (AvgIpc) is 3.38. The number of aromatic nitrogens is 3. The zero-order valence-corrected chi connectivity index (χ0v) is 20.6. The maximum atomic E-state index is 5.45. The monoisotopic (exact) mass is 480 g/mol. The van der Waals surface area contributed by atoms with E-state index < -0.39 is 0 Å². The third-order valence-electron chi connectivity index (χ3n) is 6.05. The molecule has 36 heavy (non-hydrogen) atoms. The molecule has 0 amide bonds. The molecule has 0 spiro atoms. The van der Waals surface area contributed by atoms with Crippen molar-refractivity contribution in [3.05, 3.63) is 90.5 Å². The lowest BCUT2D eigenvalue weighted by atomic mass is 10.1. The molecule has 7 heteroatoms. The molecular weight excluding hydrogens is 452 g/mol. The van der Waals surface area contributed by atoms with Crippen molar-refractivity contribution in [1.29, 1.82) is 0 Å². The van der Waals surface area contributed by atoms with Gasteiger partial charge in [-0.05, 0) is 48.4 Å². The van der Waals surface area contributed by atoms with E-state index in [0.717, 1.165) is 63.2 Å². The standard InChI is InChI=1S/C29H28N4O3/c1-34-23-12-10-22(11-13-23)25-19-29-31-24(21-7-5-4-6-8-21)18-28(33(29)32-25)30-16-15-20-9-14-26(35-2)27(17-20)36-3/h4-14,17-19,30H,15-16H2,1-3H3. The number of benzene rings is 3. The van der Waals surface area contributed by atoms with E-state index in [0.29, 0.717) is 6.54 Å². The van der Waals surface area contributed by atoms with Gasteiger partial charge in [0.15, 0.2) is 17.1 Å². The van der Waals surface area contributed by atoms with E-state index in [4.69, 9.17) is 24.3 Å². The molecule has 0 unspecified atom stereocenters. The summed E-state index contributed by atoms with van der Waals surface area (Å²) in [6.07, 6.45) is 0.803. The van der Waals surface area contributed by atoms with Gasteiger partial charge in [0.25, 0.3) is 0 Å². The molecule has 0 aliphatic rings. The van der Waals surface area contributed by atoms with Crippen molar-refractivity contribution < 1.29 is 14.2 Å². The Hall–Kier alpha value is -4.52. The van der Waals surface area contributed by atoms with Gasteiger partial charge in [-0.1, -0.05) is 36.4 Å². The number of anilines is 1. The van der Waals surface area contributed by atoms with Crippen molar-refractivity contribution >= 4 is 11.5 Å². The molecule has 0 aliphatic heterocycles. The van der Waals surface area contributed by atoms with E-state index in [9.17, 15) is 0 Å². The minimum Gasteiger partial charge on any atom is -0.497 e. The predicted octanol–water partition coefficient (Wildman–Crippen LogP) is 5.74. The van der Waals surface area contributed by atoms with Crippen molar-refractivity contribution in [3.63, 3.8) is 0 Å². The maximum absolute atomic E-state index is 5.45. The molecule has 2 heterocycles. The van der Waals surface area contributed by atoms with Gasteiger partial charge in [-0.2, -0.15) is 9.61 Å². The van der Waals surface area contributed by atoms with Crippen LogP contribution >= 0.6 is 0 Å². The fourth-order valence-corrected chi connectivity index (χ4v) is 4.13. The van der Waals surface area contributed by atoms with E-state index >= 15 is 0 Å². The summed E-state index contributed by atoms with van der Waals surface area (Å²) in [6, 6.07) is 28.1. The van der Waals surface area contributed by atoms with Crippen LogP contribution in [0.15, 0.2) is 84.9 Å². The van der Waals surface area contributed by atoms with Crippen LogP contribution in [0.2, 0.25) is 0 Å². The van der Waals surface area contributed by atoms with Crippen LogP contribution in [-0.4, -0.2) is 42.5 Å². The highest BCUT2D eigenvalue weighted by atomic mass is 16.5. The Kier molecular flexibility index (Phi) is 6.71. The van der Waals surface area contributed by atoms with Gasteiger partial charge in [-0.15, -0.1) is 0 Å². The molecular formula is C29H28N4O3. The van der Waals surface area contributed by atoms with Gasteiger partial charge in [0.2, 0.25) is 0 Å². The molecule has 182 valence electrons. The van der Waals surface area contributed by atoms with Crippen LogP contribution in [0.4, 0.5) is 5.82 Å². The number of fused-ring (bicyclic) bond motifs is 1. The topological polar surface area (TPSA) is 69.9 Å². The molecule has 0 radical (unpaired) electrons. The zero-order valence-electron chi connectivity index (χ0n) is 20.6. The van der Waals surface area contributed by atoms with Gasteiger partial charge in [0, 0.05) is 29.8 Å². The summed E-state index contributed by atoms with van der Waals surface area (Å²) in [5, 5.41) is 8.43. The van der Waals surface area contributed by atoms with E-state index in [-0.39, 0.29) is 0 Å². The summed E-state index contributed by atoms with van der Waals surface area (Å²) in [7, 11) is 4.95. The van der Waals surface area contributed by atoms with Gasteiger partial charge in [0.1, 0.15) is 11.6 Å². The van der Waals surface area contributed by atoms with Gasteiger partial charge >= 0.3 is 0 Å². The number of ether oxygens (including phenoxy) is 3. The Labute approximate surface area is 210 Å². The Balaban J connectivity index is 1.46. The highest BCUT2D eigenvalue weighted by Gasteiger charge is 2.13. The minimum atomic E-state index is 0.709. The Bertz CT molecular complexity index is 1460. The fraction of sp³-hybridized carbons (Fsp3) is 0.172. The van der Waals surface area contributed by atoms with Crippen molar-refractivity contribution in [3.8, 4) is 39.8 Å². The number of nitrogens with one attached hydrogen (secondary N) is 1. The minimum absolute atomic E-state index is 0.709. The van der Waals surface area contributed by atoms with Crippen molar-refractivity contribution in [1.82, 2.24) is 14.6 Å². The number of hydrogen-bond acceptors (Lipinski definition) is 6. The largest absolute Gasteiger partial charge is 0.497 e. The lowest BCUT2D eigenvalue weighted by Crippen LogP contribution is -2.10. The van der Waals surface area contributed by atoms with E-state index in [1.807, 2.05) is 71.2 Å². The first-order valence-electron chi connectivity index (χ1n) is 11.7. The first-order valence-corrected chi connectivity index (χ1v) is 11.7. The quantitative estimate of drug-likeness (QED) is 0.290. The number of hydrogen-bond donors (Lipinski definition) is 1. The highest BCUT2D eigenvalue weighted by molar-refractivity contribution is 5.71. The van der Waals surface area contributed by atoms with Gasteiger partial charge < -0.3 is 19.5 Å². The lowest BCUT2D eigenvalue weighted by molar-refractivity contribution is 0.354. The molecule has 1 N–H and O–H groups in total. The summed E-state index contributed by atoms with van der Waals surface area (Å²) < 4.78 is 18.0. The Morgan fingerprint density at radius 1 is 0.722 bits per heavy atom. The van der Waals surface area contributed by atoms with Crippen LogP contribution < -0.4 is 19.5 Å². The molecule has 0 fully saturated rings. The third kappa shape index (κ3) is 4.81. The summed E-state index contributed by atoms with van der Waals surface area (Å²) in [5.74, 6) is 3.13. The van der Waals surface area contributed by atoms with Crippen LogP contribution in [0, 0.1) is 0 Å². The van der Waals surface area contributed by atoms with Crippen molar-refractivity contribution in [2.45, 2.75) is 6.42 Å². The lowest BCUT2D eigenvalue weighted by Gasteiger charge is -2.12. The second-order valence-corrected chi connectivity index (χ2v) is 8.29. The van der Waals surface area contributed by atoms with Crippen molar-refractivity contribution in [2.75, 3.05) is 33.2 Å². The second kappa shape index (κ2) is 10.4. The molecule has 5 rings (SSSR count). The van der Waals surface area contributed by atoms with E-state index in [1.54, 1.807) is 21.3 Å². The smallest absolute Gasteiger partial charge is 0.160 e. The molecule has 0 saturated heterocycles. The molecule has 7 nitrogen and oxygen atoms in total. The summed E-state index contributed by atoms with van der Waals surface area (Å²) in [6.45, 7) is 0.709. The highest BCUT2D eigenvalue weighted by Crippen LogP contribution is 2.29. The predicted molar refractivity (Wildman–Crippen MR) is 142 cm³/mol. The van der Waals surface area contributed by atoms with Gasteiger partial charge in [-0.25, -0.2) is 4.98 Å². The summed E-state index contributed by atoms with van der Waals surface area (Å²) in [4.78, 5) is 4.90. The Morgan fingerprint density at radius 3 is 2.19 bits per heavy atom. The summed E-state index contributed by atoms with van der Waals surface area (Å²) in [5.41, 5.74) is 5.70.